The maximum Gasteiger partial charge on any atom is 0.224 e. The standard InChI is InChI=1S/C14H26N2O/c1-11-4-2-6-13(8-7-11)16-14(17)12-5-3-9-15-10-12/h11-13,15H,2-10H2,1H3,(H,16,17). The summed E-state index contributed by atoms with van der Waals surface area (Å²) >= 11 is 0. The molecule has 0 aromatic carbocycles. The van der Waals surface area contributed by atoms with E-state index in [9.17, 15) is 4.79 Å². The highest BCUT2D eigenvalue weighted by Gasteiger charge is 2.24. The molecule has 3 nitrogen and oxygen atoms in total. The molecule has 1 saturated heterocycles. The van der Waals surface area contributed by atoms with Crippen molar-refractivity contribution in [2.75, 3.05) is 13.1 Å². The molecule has 0 radical (unpaired) electrons. The lowest BCUT2D eigenvalue weighted by Gasteiger charge is -2.25. The summed E-state index contributed by atoms with van der Waals surface area (Å²) in [6.07, 6.45) is 8.42. The zero-order valence-corrected chi connectivity index (χ0v) is 11.0. The van der Waals surface area contributed by atoms with E-state index in [1.54, 1.807) is 0 Å². The summed E-state index contributed by atoms with van der Waals surface area (Å²) in [5.41, 5.74) is 0. The minimum Gasteiger partial charge on any atom is -0.353 e. The van der Waals surface area contributed by atoms with Gasteiger partial charge < -0.3 is 10.6 Å². The lowest BCUT2D eigenvalue weighted by molar-refractivity contribution is -0.126. The van der Waals surface area contributed by atoms with E-state index < -0.39 is 0 Å². The molecule has 0 spiro atoms. The Balaban J connectivity index is 1.76. The predicted octanol–water partition coefficient (Wildman–Crippen LogP) is 2.07. The molecule has 0 aromatic rings. The minimum atomic E-state index is 0.212. The Kier molecular flexibility index (Phi) is 4.84. The van der Waals surface area contributed by atoms with Crippen LogP contribution >= 0.6 is 0 Å². The highest BCUT2D eigenvalue weighted by Crippen LogP contribution is 2.23. The third-order valence-corrected chi connectivity index (χ3v) is 4.27. The van der Waals surface area contributed by atoms with Gasteiger partial charge in [0.15, 0.2) is 0 Å². The van der Waals surface area contributed by atoms with E-state index in [0.29, 0.717) is 6.04 Å². The number of carbonyl (C=O) groups is 1. The number of nitrogens with one attached hydrogen (secondary N) is 2. The summed E-state index contributed by atoms with van der Waals surface area (Å²) in [6.45, 7) is 4.27. The van der Waals surface area contributed by atoms with Gasteiger partial charge in [-0.25, -0.2) is 0 Å². The first-order chi connectivity index (χ1) is 8.25. The summed E-state index contributed by atoms with van der Waals surface area (Å²) in [5.74, 6) is 1.34. The van der Waals surface area contributed by atoms with E-state index in [2.05, 4.69) is 17.6 Å². The van der Waals surface area contributed by atoms with Crippen LogP contribution in [0.1, 0.15) is 51.9 Å². The number of rotatable bonds is 2. The molecular weight excluding hydrogens is 212 g/mol. The van der Waals surface area contributed by atoms with Crippen molar-refractivity contribution in [2.24, 2.45) is 11.8 Å². The van der Waals surface area contributed by atoms with Crippen molar-refractivity contribution in [2.45, 2.75) is 57.9 Å². The van der Waals surface area contributed by atoms with Gasteiger partial charge in [0, 0.05) is 12.6 Å². The first-order valence-electron chi connectivity index (χ1n) is 7.27. The predicted molar refractivity (Wildman–Crippen MR) is 69.8 cm³/mol. The van der Waals surface area contributed by atoms with Gasteiger partial charge in [-0.05, 0) is 44.6 Å². The Morgan fingerprint density at radius 3 is 2.76 bits per heavy atom. The van der Waals surface area contributed by atoms with Crippen molar-refractivity contribution in [3.8, 4) is 0 Å². The molecular formula is C14H26N2O. The quantitative estimate of drug-likeness (QED) is 0.723. The van der Waals surface area contributed by atoms with Crippen LogP contribution in [-0.4, -0.2) is 25.0 Å². The second-order valence-electron chi connectivity index (χ2n) is 5.86. The number of amides is 1. The molecule has 1 heterocycles. The molecule has 2 aliphatic rings. The Bertz CT molecular complexity index is 249. The van der Waals surface area contributed by atoms with E-state index in [-0.39, 0.29) is 11.8 Å². The van der Waals surface area contributed by atoms with Crippen molar-refractivity contribution < 1.29 is 4.79 Å². The molecule has 1 amide bonds. The van der Waals surface area contributed by atoms with Gasteiger partial charge >= 0.3 is 0 Å². The molecule has 98 valence electrons. The van der Waals surface area contributed by atoms with Gasteiger partial charge in [0.1, 0.15) is 0 Å². The molecule has 2 N–H and O–H groups in total. The average Bonchev–Trinajstić information content (AvgIpc) is 2.56. The maximum atomic E-state index is 12.1. The lowest BCUT2D eigenvalue weighted by atomic mass is 9.97. The van der Waals surface area contributed by atoms with Crippen molar-refractivity contribution in [1.29, 1.82) is 0 Å². The number of piperidine rings is 1. The molecule has 3 heteroatoms. The molecule has 1 aliphatic heterocycles. The maximum absolute atomic E-state index is 12.1. The van der Waals surface area contributed by atoms with Crippen molar-refractivity contribution in [3.63, 3.8) is 0 Å². The van der Waals surface area contributed by atoms with Gasteiger partial charge in [0.25, 0.3) is 0 Å². The average molecular weight is 238 g/mol. The molecule has 2 fully saturated rings. The fraction of sp³-hybridized carbons (Fsp3) is 0.929. The molecule has 2 rings (SSSR count). The van der Waals surface area contributed by atoms with Crippen LogP contribution in [0.25, 0.3) is 0 Å². The van der Waals surface area contributed by atoms with Gasteiger partial charge in [-0.1, -0.05) is 19.8 Å². The molecule has 1 aliphatic carbocycles. The number of carbonyl (C=O) groups excluding carboxylic acids is 1. The van der Waals surface area contributed by atoms with Crippen LogP contribution in [0.3, 0.4) is 0 Å². The first-order valence-corrected chi connectivity index (χ1v) is 7.27. The first kappa shape index (κ1) is 12.9. The Morgan fingerprint density at radius 2 is 2.00 bits per heavy atom. The molecule has 3 unspecified atom stereocenters. The highest BCUT2D eigenvalue weighted by atomic mass is 16.2. The summed E-state index contributed by atoms with van der Waals surface area (Å²) in [7, 11) is 0. The van der Waals surface area contributed by atoms with E-state index in [0.717, 1.165) is 31.8 Å². The smallest absolute Gasteiger partial charge is 0.224 e. The highest BCUT2D eigenvalue weighted by molar-refractivity contribution is 5.79. The number of hydrogen-bond acceptors (Lipinski definition) is 2. The largest absolute Gasteiger partial charge is 0.353 e. The molecule has 17 heavy (non-hydrogen) atoms. The van der Waals surface area contributed by atoms with E-state index in [1.807, 2.05) is 0 Å². The van der Waals surface area contributed by atoms with Crippen LogP contribution in [0.5, 0.6) is 0 Å². The minimum absolute atomic E-state index is 0.212. The molecule has 3 atom stereocenters. The van der Waals surface area contributed by atoms with Gasteiger partial charge in [-0.15, -0.1) is 0 Å². The van der Waals surface area contributed by atoms with Crippen LogP contribution in [0.15, 0.2) is 0 Å². The fourth-order valence-corrected chi connectivity index (χ4v) is 3.03. The Hall–Kier alpha value is -0.570. The second kappa shape index (κ2) is 6.39. The van der Waals surface area contributed by atoms with E-state index in [4.69, 9.17) is 0 Å². The van der Waals surface area contributed by atoms with Gasteiger partial charge in [-0.2, -0.15) is 0 Å². The van der Waals surface area contributed by atoms with Gasteiger partial charge in [-0.3, -0.25) is 4.79 Å². The topological polar surface area (TPSA) is 41.1 Å². The van der Waals surface area contributed by atoms with E-state index in [1.165, 1.54) is 32.1 Å². The Labute approximate surface area is 105 Å². The fourth-order valence-electron chi connectivity index (χ4n) is 3.03. The van der Waals surface area contributed by atoms with Crippen molar-refractivity contribution in [1.82, 2.24) is 10.6 Å². The zero-order chi connectivity index (χ0) is 12.1. The van der Waals surface area contributed by atoms with Crippen LogP contribution < -0.4 is 10.6 Å². The van der Waals surface area contributed by atoms with E-state index >= 15 is 0 Å². The Morgan fingerprint density at radius 1 is 1.12 bits per heavy atom. The van der Waals surface area contributed by atoms with Gasteiger partial charge in [0.2, 0.25) is 5.91 Å². The molecule has 0 aromatic heterocycles. The third kappa shape index (κ3) is 3.98. The van der Waals surface area contributed by atoms with Crippen molar-refractivity contribution >= 4 is 5.91 Å². The summed E-state index contributed by atoms with van der Waals surface area (Å²) < 4.78 is 0. The van der Waals surface area contributed by atoms with Crippen LogP contribution in [0.2, 0.25) is 0 Å². The van der Waals surface area contributed by atoms with Crippen molar-refractivity contribution in [3.05, 3.63) is 0 Å². The normalized spacial score (nSPS) is 35.0. The van der Waals surface area contributed by atoms with Crippen LogP contribution in [0, 0.1) is 11.8 Å². The summed E-state index contributed by atoms with van der Waals surface area (Å²) in [6, 6.07) is 0.439. The molecule has 1 saturated carbocycles. The summed E-state index contributed by atoms with van der Waals surface area (Å²) in [5, 5.41) is 6.58. The zero-order valence-electron chi connectivity index (χ0n) is 11.0. The SMILES string of the molecule is CC1CCCC(NC(=O)C2CCCNC2)CC1. The monoisotopic (exact) mass is 238 g/mol. The number of hydrogen-bond donors (Lipinski definition) is 2. The van der Waals surface area contributed by atoms with Crippen LogP contribution in [0.4, 0.5) is 0 Å². The molecule has 0 bridgehead atoms. The lowest BCUT2D eigenvalue weighted by Crippen LogP contribution is -2.44. The second-order valence-corrected chi connectivity index (χ2v) is 5.86. The van der Waals surface area contributed by atoms with Crippen LogP contribution in [-0.2, 0) is 4.79 Å². The third-order valence-electron chi connectivity index (χ3n) is 4.27. The van der Waals surface area contributed by atoms with Gasteiger partial charge in [0.05, 0.1) is 5.92 Å². The summed E-state index contributed by atoms with van der Waals surface area (Å²) in [4.78, 5) is 12.1.